The number of nitrogens with one attached hydrogen (secondary N) is 1. The van der Waals surface area contributed by atoms with Crippen LogP contribution in [0.3, 0.4) is 0 Å². The van der Waals surface area contributed by atoms with E-state index in [0.717, 1.165) is 32.6 Å². The molecule has 3 aromatic rings. The number of benzene rings is 3. The summed E-state index contributed by atoms with van der Waals surface area (Å²) in [6.07, 6.45) is 0.319. The first-order chi connectivity index (χ1) is 15.1. The SMILES string of the molecule is CCOc1cccc([C@H]2CC(c3ccc(Br)cc3)=N[C@H](c3ccccc3OC)N2)c1O. The van der Waals surface area contributed by atoms with E-state index in [-0.39, 0.29) is 18.0 Å². The van der Waals surface area contributed by atoms with Crippen LogP contribution in [0.5, 0.6) is 17.2 Å². The van der Waals surface area contributed by atoms with Crippen LogP contribution in [-0.4, -0.2) is 24.5 Å². The molecule has 0 spiro atoms. The molecule has 0 radical (unpaired) electrons. The van der Waals surface area contributed by atoms with E-state index >= 15 is 0 Å². The van der Waals surface area contributed by atoms with Crippen molar-refractivity contribution >= 4 is 21.6 Å². The summed E-state index contributed by atoms with van der Waals surface area (Å²) in [5, 5.41) is 14.5. The van der Waals surface area contributed by atoms with E-state index in [1.54, 1.807) is 13.2 Å². The molecular weight excluding hydrogens is 456 g/mol. The highest BCUT2D eigenvalue weighted by Gasteiger charge is 2.29. The van der Waals surface area contributed by atoms with Gasteiger partial charge in [-0.25, -0.2) is 0 Å². The van der Waals surface area contributed by atoms with Crippen molar-refractivity contribution in [2.75, 3.05) is 13.7 Å². The first-order valence-corrected chi connectivity index (χ1v) is 11.1. The first kappa shape index (κ1) is 21.4. The van der Waals surface area contributed by atoms with Crippen molar-refractivity contribution in [1.82, 2.24) is 5.32 Å². The van der Waals surface area contributed by atoms with Crippen molar-refractivity contribution in [3.05, 3.63) is 87.9 Å². The third-order valence-electron chi connectivity index (χ3n) is 5.36. The molecular formula is C25H25BrN2O3. The third kappa shape index (κ3) is 4.60. The summed E-state index contributed by atoms with van der Waals surface area (Å²) >= 11 is 3.50. The Labute approximate surface area is 190 Å². The molecule has 31 heavy (non-hydrogen) atoms. The van der Waals surface area contributed by atoms with Crippen LogP contribution in [0.2, 0.25) is 0 Å². The van der Waals surface area contributed by atoms with Crippen LogP contribution in [0.1, 0.15) is 42.2 Å². The summed E-state index contributed by atoms with van der Waals surface area (Å²) in [6, 6.07) is 21.5. The number of ether oxygens (including phenoxy) is 2. The van der Waals surface area contributed by atoms with Crippen LogP contribution in [0.4, 0.5) is 0 Å². The maximum atomic E-state index is 10.9. The van der Waals surface area contributed by atoms with Crippen molar-refractivity contribution in [3.63, 3.8) is 0 Å². The van der Waals surface area contributed by atoms with E-state index in [1.165, 1.54) is 0 Å². The second-order valence-corrected chi connectivity index (χ2v) is 8.19. The van der Waals surface area contributed by atoms with Gasteiger partial charge in [-0.1, -0.05) is 58.4 Å². The lowest BCUT2D eigenvalue weighted by molar-refractivity contribution is 0.313. The highest BCUT2D eigenvalue weighted by atomic mass is 79.9. The number of aromatic hydroxyl groups is 1. The third-order valence-corrected chi connectivity index (χ3v) is 5.89. The zero-order valence-electron chi connectivity index (χ0n) is 17.5. The van der Waals surface area contributed by atoms with Gasteiger partial charge in [-0.05, 0) is 36.8 Å². The van der Waals surface area contributed by atoms with E-state index in [0.29, 0.717) is 18.8 Å². The monoisotopic (exact) mass is 480 g/mol. The number of phenolic OH excluding ortho intramolecular Hbond substituents is 1. The quantitative estimate of drug-likeness (QED) is 0.468. The van der Waals surface area contributed by atoms with Crippen LogP contribution < -0.4 is 14.8 Å². The summed E-state index contributed by atoms with van der Waals surface area (Å²) in [4.78, 5) is 5.02. The van der Waals surface area contributed by atoms with Crippen LogP contribution in [0.25, 0.3) is 0 Å². The summed E-state index contributed by atoms with van der Waals surface area (Å²) in [7, 11) is 1.66. The van der Waals surface area contributed by atoms with Crippen molar-refractivity contribution in [3.8, 4) is 17.2 Å². The molecule has 0 bridgehead atoms. The molecule has 0 aromatic heterocycles. The summed E-state index contributed by atoms with van der Waals surface area (Å²) in [5.41, 5.74) is 3.75. The van der Waals surface area contributed by atoms with E-state index in [9.17, 15) is 5.11 Å². The molecule has 160 valence electrons. The lowest BCUT2D eigenvalue weighted by Crippen LogP contribution is -2.33. The van der Waals surface area contributed by atoms with E-state index in [1.807, 2.05) is 55.5 Å². The fraction of sp³-hybridized carbons (Fsp3) is 0.240. The maximum Gasteiger partial charge on any atom is 0.162 e. The van der Waals surface area contributed by atoms with Gasteiger partial charge in [0.15, 0.2) is 11.5 Å². The fourth-order valence-corrected chi connectivity index (χ4v) is 4.13. The standard InChI is InChI=1S/C25H25BrN2O3/c1-3-31-23-10-6-8-18(24(23)29)21-15-20(16-11-13-17(26)14-12-16)27-25(28-21)19-7-4-5-9-22(19)30-2/h4-14,21,25,28-29H,3,15H2,1-2H3/t21-,25+/m1/s1. The molecule has 3 aromatic carbocycles. The molecule has 2 N–H and O–H groups in total. The molecule has 4 rings (SSSR count). The average molecular weight is 481 g/mol. The number of hydrogen-bond acceptors (Lipinski definition) is 5. The zero-order chi connectivity index (χ0) is 21.8. The second-order valence-electron chi connectivity index (χ2n) is 7.28. The molecule has 0 saturated carbocycles. The van der Waals surface area contributed by atoms with Gasteiger partial charge in [0.05, 0.1) is 13.7 Å². The van der Waals surface area contributed by atoms with Gasteiger partial charge in [0, 0.05) is 33.8 Å². The fourth-order valence-electron chi connectivity index (χ4n) is 3.87. The molecule has 0 amide bonds. The molecule has 2 atom stereocenters. The lowest BCUT2D eigenvalue weighted by Gasteiger charge is -2.31. The molecule has 5 nitrogen and oxygen atoms in total. The van der Waals surface area contributed by atoms with Gasteiger partial charge in [0.1, 0.15) is 11.9 Å². The normalized spacial score (nSPS) is 18.4. The number of rotatable bonds is 6. The molecule has 1 aliphatic rings. The molecule has 6 heteroatoms. The van der Waals surface area contributed by atoms with Gasteiger partial charge in [-0.3, -0.25) is 10.3 Å². The number of para-hydroxylation sites is 2. The minimum Gasteiger partial charge on any atom is -0.504 e. The Morgan fingerprint density at radius 3 is 2.45 bits per heavy atom. The molecule has 1 aliphatic heterocycles. The average Bonchev–Trinajstić information content (AvgIpc) is 2.80. The minimum absolute atomic E-state index is 0.147. The predicted molar refractivity (Wildman–Crippen MR) is 126 cm³/mol. The van der Waals surface area contributed by atoms with Gasteiger partial charge >= 0.3 is 0 Å². The Bertz CT molecular complexity index is 1080. The number of halogens is 1. The van der Waals surface area contributed by atoms with Crippen LogP contribution >= 0.6 is 15.9 Å². The highest BCUT2D eigenvalue weighted by molar-refractivity contribution is 9.10. The van der Waals surface area contributed by atoms with Crippen molar-refractivity contribution < 1.29 is 14.6 Å². The Kier molecular flexibility index (Phi) is 6.59. The number of aliphatic imine (C=N–C) groups is 1. The molecule has 1 heterocycles. The lowest BCUT2D eigenvalue weighted by atomic mass is 9.93. The molecule has 0 aliphatic carbocycles. The second kappa shape index (κ2) is 9.54. The van der Waals surface area contributed by atoms with Crippen LogP contribution in [0.15, 0.2) is 76.2 Å². The van der Waals surface area contributed by atoms with Gasteiger partial charge in [0.2, 0.25) is 0 Å². The minimum atomic E-state index is -0.316. The molecule has 0 saturated heterocycles. The predicted octanol–water partition coefficient (Wildman–Crippen LogP) is 5.78. The molecule has 0 unspecified atom stereocenters. The van der Waals surface area contributed by atoms with E-state index in [4.69, 9.17) is 14.5 Å². The Morgan fingerprint density at radius 2 is 1.71 bits per heavy atom. The van der Waals surface area contributed by atoms with Crippen LogP contribution in [-0.2, 0) is 0 Å². The van der Waals surface area contributed by atoms with Crippen molar-refractivity contribution in [2.24, 2.45) is 4.99 Å². The van der Waals surface area contributed by atoms with Gasteiger partial charge < -0.3 is 14.6 Å². The topological polar surface area (TPSA) is 63.1 Å². The van der Waals surface area contributed by atoms with Gasteiger partial charge in [0.25, 0.3) is 0 Å². The van der Waals surface area contributed by atoms with E-state index < -0.39 is 0 Å². The Hall–Kier alpha value is -2.83. The van der Waals surface area contributed by atoms with Crippen molar-refractivity contribution in [2.45, 2.75) is 25.6 Å². The summed E-state index contributed by atoms with van der Waals surface area (Å²) in [5.74, 6) is 1.42. The number of phenols is 1. The smallest absolute Gasteiger partial charge is 0.162 e. The number of methoxy groups -OCH3 is 1. The van der Waals surface area contributed by atoms with E-state index in [2.05, 4.69) is 33.4 Å². The summed E-state index contributed by atoms with van der Waals surface area (Å²) < 4.78 is 12.2. The zero-order valence-corrected chi connectivity index (χ0v) is 19.1. The Morgan fingerprint density at radius 1 is 1.00 bits per heavy atom. The number of hydrogen-bond donors (Lipinski definition) is 2. The van der Waals surface area contributed by atoms with Crippen LogP contribution in [0, 0.1) is 0 Å². The van der Waals surface area contributed by atoms with Gasteiger partial charge in [-0.2, -0.15) is 0 Å². The largest absolute Gasteiger partial charge is 0.504 e. The molecule has 0 fully saturated rings. The van der Waals surface area contributed by atoms with Crippen molar-refractivity contribution in [1.29, 1.82) is 0 Å². The Balaban J connectivity index is 1.78. The van der Waals surface area contributed by atoms with Gasteiger partial charge in [-0.15, -0.1) is 0 Å². The summed E-state index contributed by atoms with van der Waals surface area (Å²) in [6.45, 7) is 2.39. The number of nitrogens with zero attached hydrogens (tertiary/aromatic N) is 1. The highest BCUT2D eigenvalue weighted by Crippen LogP contribution is 2.40. The first-order valence-electron chi connectivity index (χ1n) is 10.3. The maximum absolute atomic E-state index is 10.9.